The normalized spacial score (nSPS) is 11.1. The van der Waals surface area contributed by atoms with Crippen molar-refractivity contribution in [3.05, 3.63) is 64.2 Å². The number of nitrogens with one attached hydrogen (secondary N) is 1. The molecule has 0 radical (unpaired) electrons. The summed E-state index contributed by atoms with van der Waals surface area (Å²) in [4.78, 5) is 23.4. The maximum atomic E-state index is 12.0. The topological polar surface area (TPSA) is 116 Å². The number of esters is 1. The van der Waals surface area contributed by atoms with Crippen molar-refractivity contribution in [1.82, 2.24) is 5.32 Å². The van der Waals surface area contributed by atoms with Crippen LogP contribution in [0.15, 0.2) is 47.4 Å². The number of benzene rings is 2. The van der Waals surface area contributed by atoms with Crippen LogP contribution in [0, 0.1) is 6.92 Å². The number of hydrogen-bond acceptors (Lipinski definition) is 5. The lowest BCUT2D eigenvalue weighted by Gasteiger charge is -2.09. The van der Waals surface area contributed by atoms with E-state index in [4.69, 9.17) is 21.5 Å². The summed E-state index contributed by atoms with van der Waals surface area (Å²) in [7, 11) is -4.08. The summed E-state index contributed by atoms with van der Waals surface area (Å²) < 4.78 is 27.8. The number of hydrogen-bond donors (Lipinski definition) is 2. The van der Waals surface area contributed by atoms with Crippen molar-refractivity contribution in [2.24, 2.45) is 5.14 Å². The summed E-state index contributed by atoms with van der Waals surface area (Å²) in [5, 5.41) is 7.58. The van der Waals surface area contributed by atoms with Crippen molar-refractivity contribution in [2.75, 3.05) is 13.2 Å². The second kappa shape index (κ2) is 8.98. The summed E-state index contributed by atoms with van der Waals surface area (Å²) in [5.41, 5.74) is 2.18. The molecule has 0 unspecified atom stereocenters. The lowest BCUT2D eigenvalue weighted by atomic mass is 10.1. The van der Waals surface area contributed by atoms with Crippen LogP contribution < -0.4 is 10.5 Å². The molecule has 0 saturated carbocycles. The number of nitrogens with two attached hydrogens (primary N) is 1. The Morgan fingerprint density at radius 2 is 1.89 bits per heavy atom. The highest BCUT2D eigenvalue weighted by atomic mass is 35.5. The van der Waals surface area contributed by atoms with E-state index in [-0.39, 0.29) is 15.5 Å². The monoisotopic (exact) mass is 410 g/mol. The number of amides is 1. The van der Waals surface area contributed by atoms with Crippen molar-refractivity contribution in [3.8, 4) is 0 Å². The number of carbonyl (C=O) groups excluding carboxylic acids is 2. The fraction of sp³-hybridized carbons (Fsp3) is 0.222. The smallest absolute Gasteiger partial charge is 0.338 e. The first-order chi connectivity index (χ1) is 12.7. The van der Waals surface area contributed by atoms with Crippen LogP contribution in [0.4, 0.5) is 0 Å². The molecule has 0 atom stereocenters. The summed E-state index contributed by atoms with van der Waals surface area (Å²) in [6, 6.07) is 11.3. The van der Waals surface area contributed by atoms with Gasteiger partial charge in [-0.1, -0.05) is 35.9 Å². The molecular weight excluding hydrogens is 392 g/mol. The summed E-state index contributed by atoms with van der Waals surface area (Å²) in [6.07, 6.45) is 0.654. The van der Waals surface area contributed by atoms with Crippen LogP contribution in [0.2, 0.25) is 5.02 Å². The van der Waals surface area contributed by atoms with E-state index in [2.05, 4.69) is 5.32 Å². The number of halogens is 1. The second-order valence-electron chi connectivity index (χ2n) is 5.79. The van der Waals surface area contributed by atoms with Crippen molar-refractivity contribution < 1.29 is 22.7 Å². The lowest BCUT2D eigenvalue weighted by Crippen LogP contribution is -2.30. The molecule has 9 heteroatoms. The van der Waals surface area contributed by atoms with Gasteiger partial charge in [0.15, 0.2) is 6.61 Å². The number of carbonyl (C=O) groups is 2. The van der Waals surface area contributed by atoms with Gasteiger partial charge in [-0.3, -0.25) is 4.79 Å². The molecule has 0 bridgehead atoms. The highest BCUT2D eigenvalue weighted by Gasteiger charge is 2.17. The van der Waals surface area contributed by atoms with Gasteiger partial charge in [-0.25, -0.2) is 18.4 Å². The number of primary sulfonamides is 1. The molecule has 2 aromatic rings. The van der Waals surface area contributed by atoms with Gasteiger partial charge in [0.2, 0.25) is 10.0 Å². The van der Waals surface area contributed by atoms with E-state index in [1.54, 1.807) is 0 Å². The fourth-order valence-electron chi connectivity index (χ4n) is 2.34. The first-order valence-electron chi connectivity index (χ1n) is 7.99. The van der Waals surface area contributed by atoms with Crippen LogP contribution in [0.1, 0.15) is 21.5 Å². The molecule has 0 saturated heterocycles. The standard InChI is InChI=1S/C18H19ClN2O5S/c1-12-4-2-3-5-13(12)8-9-21-17(22)11-26-18(23)14-6-7-15(19)16(10-14)27(20,24)25/h2-7,10H,8-9,11H2,1H3,(H,21,22)(H2,20,24,25). The molecule has 0 aliphatic heterocycles. The number of rotatable bonds is 7. The summed E-state index contributed by atoms with van der Waals surface area (Å²) >= 11 is 5.76. The highest BCUT2D eigenvalue weighted by molar-refractivity contribution is 7.89. The number of ether oxygens (including phenoxy) is 1. The SMILES string of the molecule is Cc1ccccc1CCNC(=O)COC(=O)c1ccc(Cl)c(S(N)(=O)=O)c1. The van der Waals surface area contributed by atoms with E-state index in [1.807, 2.05) is 31.2 Å². The Bertz CT molecular complexity index is 960. The molecule has 0 aromatic heterocycles. The maximum absolute atomic E-state index is 12.0. The van der Waals surface area contributed by atoms with Crippen LogP contribution in [-0.2, 0) is 26.0 Å². The first-order valence-corrected chi connectivity index (χ1v) is 9.91. The lowest BCUT2D eigenvalue weighted by molar-refractivity contribution is -0.124. The van der Waals surface area contributed by atoms with Crippen molar-refractivity contribution in [2.45, 2.75) is 18.2 Å². The summed E-state index contributed by atoms with van der Waals surface area (Å²) in [5.74, 6) is -1.32. The van der Waals surface area contributed by atoms with E-state index in [9.17, 15) is 18.0 Å². The van der Waals surface area contributed by atoms with Crippen molar-refractivity contribution in [1.29, 1.82) is 0 Å². The van der Waals surface area contributed by atoms with Gasteiger partial charge < -0.3 is 10.1 Å². The predicted molar refractivity (Wildman–Crippen MR) is 101 cm³/mol. The van der Waals surface area contributed by atoms with E-state index >= 15 is 0 Å². The average Bonchev–Trinajstić information content (AvgIpc) is 2.60. The average molecular weight is 411 g/mol. The molecule has 0 fully saturated rings. The molecule has 2 rings (SSSR count). The maximum Gasteiger partial charge on any atom is 0.338 e. The van der Waals surface area contributed by atoms with Crippen LogP contribution in [-0.4, -0.2) is 33.4 Å². The Balaban J connectivity index is 1.86. The molecule has 7 nitrogen and oxygen atoms in total. The molecule has 0 aliphatic rings. The predicted octanol–water partition coefficient (Wildman–Crippen LogP) is 1.81. The van der Waals surface area contributed by atoms with Crippen LogP contribution in [0.25, 0.3) is 0 Å². The van der Waals surface area contributed by atoms with E-state index in [1.165, 1.54) is 12.1 Å². The van der Waals surface area contributed by atoms with Gasteiger partial charge in [0.1, 0.15) is 4.90 Å². The molecule has 2 aromatic carbocycles. The molecule has 0 aliphatic carbocycles. The third-order valence-electron chi connectivity index (χ3n) is 3.79. The van der Waals surface area contributed by atoms with Gasteiger partial charge in [0.05, 0.1) is 10.6 Å². The van der Waals surface area contributed by atoms with E-state index in [0.717, 1.165) is 17.2 Å². The van der Waals surface area contributed by atoms with Gasteiger partial charge in [-0.05, 0) is 42.7 Å². The minimum atomic E-state index is -4.08. The fourth-order valence-corrected chi connectivity index (χ4v) is 3.41. The molecule has 144 valence electrons. The zero-order valence-electron chi connectivity index (χ0n) is 14.6. The Morgan fingerprint density at radius 1 is 1.19 bits per heavy atom. The Hall–Kier alpha value is -2.42. The van der Waals surface area contributed by atoms with Gasteiger partial charge in [-0.2, -0.15) is 0 Å². The largest absolute Gasteiger partial charge is 0.452 e. The minimum Gasteiger partial charge on any atom is -0.452 e. The Morgan fingerprint density at radius 3 is 2.56 bits per heavy atom. The van der Waals surface area contributed by atoms with Crippen LogP contribution >= 0.6 is 11.6 Å². The Kier molecular flexibility index (Phi) is 6.95. The van der Waals surface area contributed by atoms with Gasteiger partial charge >= 0.3 is 5.97 Å². The van der Waals surface area contributed by atoms with Crippen molar-refractivity contribution >= 4 is 33.5 Å². The number of sulfonamides is 1. The molecule has 0 heterocycles. The van der Waals surface area contributed by atoms with Gasteiger partial charge in [0, 0.05) is 6.54 Å². The quantitative estimate of drug-likeness (QED) is 0.675. The third-order valence-corrected chi connectivity index (χ3v) is 5.18. The Labute approximate surface area is 162 Å². The van der Waals surface area contributed by atoms with Gasteiger partial charge in [0.25, 0.3) is 5.91 Å². The van der Waals surface area contributed by atoms with Gasteiger partial charge in [-0.15, -0.1) is 0 Å². The number of aryl methyl sites for hydroxylation is 1. The molecule has 27 heavy (non-hydrogen) atoms. The third kappa shape index (κ3) is 6.06. The van der Waals surface area contributed by atoms with E-state index < -0.39 is 28.5 Å². The highest BCUT2D eigenvalue weighted by Crippen LogP contribution is 2.21. The van der Waals surface area contributed by atoms with Crippen LogP contribution in [0.3, 0.4) is 0 Å². The molecule has 1 amide bonds. The minimum absolute atomic E-state index is 0.0730. The molecule has 3 N–H and O–H groups in total. The second-order valence-corrected chi connectivity index (χ2v) is 7.73. The zero-order chi connectivity index (χ0) is 20.0. The first kappa shape index (κ1) is 20.9. The van der Waals surface area contributed by atoms with Crippen molar-refractivity contribution in [3.63, 3.8) is 0 Å². The van der Waals surface area contributed by atoms with Crippen LogP contribution in [0.5, 0.6) is 0 Å². The zero-order valence-corrected chi connectivity index (χ0v) is 16.1. The molecular formula is C18H19ClN2O5S. The molecule has 0 spiro atoms. The summed E-state index contributed by atoms with van der Waals surface area (Å²) in [6.45, 7) is 1.90. The van der Waals surface area contributed by atoms with E-state index in [0.29, 0.717) is 13.0 Å².